The Hall–Kier alpha value is -2.69. The molecule has 2 aromatic rings. The third-order valence-corrected chi connectivity index (χ3v) is 4.38. The molecule has 6 nitrogen and oxygen atoms in total. The quantitative estimate of drug-likeness (QED) is 0.588. The molecule has 0 aliphatic heterocycles. The predicted octanol–water partition coefficient (Wildman–Crippen LogP) is 2.82. The van der Waals surface area contributed by atoms with E-state index in [2.05, 4.69) is 15.2 Å². The topological polar surface area (TPSA) is 89.2 Å². The lowest BCUT2D eigenvalue weighted by Gasteiger charge is -2.22. The maximum atomic E-state index is 12.2. The van der Waals surface area contributed by atoms with Crippen LogP contribution in [0, 0.1) is 18.3 Å². The van der Waals surface area contributed by atoms with Crippen molar-refractivity contribution < 1.29 is 9.90 Å². The van der Waals surface area contributed by atoms with E-state index in [0.717, 1.165) is 23.4 Å². The number of aliphatic hydroxyl groups is 1. The Morgan fingerprint density at radius 2 is 2.32 bits per heavy atom. The van der Waals surface area contributed by atoms with Crippen LogP contribution < -0.4 is 10.2 Å². The van der Waals surface area contributed by atoms with Gasteiger partial charge >= 0.3 is 0 Å². The van der Waals surface area contributed by atoms with Crippen molar-refractivity contribution in [3.8, 4) is 6.07 Å². The number of carbonyl (C=O) groups excluding carboxylic acids is 1. The van der Waals surface area contributed by atoms with Gasteiger partial charge in [-0.05, 0) is 43.2 Å². The van der Waals surface area contributed by atoms with Crippen molar-refractivity contribution >= 4 is 34.1 Å². The molecule has 0 aliphatic carbocycles. The number of thiazole rings is 1. The standard InChI is InChI=1S/C18H20N4O2S/c1-3-22(7-8-23)16-5-4-14(13(2)10-16)11-15(12-19)17(24)21-18-20-6-9-25-18/h4-6,9-11,23H,3,7-8H2,1-2H3,(H,20,21,24)/b15-11+. The van der Waals surface area contributed by atoms with Crippen LogP contribution in [0.5, 0.6) is 0 Å². The number of amides is 1. The van der Waals surface area contributed by atoms with E-state index in [1.54, 1.807) is 17.7 Å². The Kier molecular flexibility index (Phi) is 6.69. The molecule has 0 saturated carbocycles. The Morgan fingerprint density at radius 1 is 1.52 bits per heavy atom. The molecular weight excluding hydrogens is 336 g/mol. The van der Waals surface area contributed by atoms with Gasteiger partial charge in [-0.2, -0.15) is 5.26 Å². The highest BCUT2D eigenvalue weighted by atomic mass is 32.1. The zero-order valence-corrected chi connectivity index (χ0v) is 15.0. The summed E-state index contributed by atoms with van der Waals surface area (Å²) in [6.07, 6.45) is 3.16. The van der Waals surface area contributed by atoms with Crippen LogP contribution >= 0.6 is 11.3 Å². The van der Waals surface area contributed by atoms with E-state index in [1.165, 1.54) is 11.3 Å². The first-order chi connectivity index (χ1) is 12.1. The summed E-state index contributed by atoms with van der Waals surface area (Å²) in [5.74, 6) is -0.476. The Labute approximate surface area is 151 Å². The molecule has 0 unspecified atom stereocenters. The van der Waals surface area contributed by atoms with E-state index in [1.807, 2.05) is 38.1 Å². The van der Waals surface area contributed by atoms with Gasteiger partial charge in [0.2, 0.25) is 0 Å². The van der Waals surface area contributed by atoms with E-state index >= 15 is 0 Å². The number of aryl methyl sites for hydroxylation is 1. The molecule has 25 heavy (non-hydrogen) atoms. The minimum atomic E-state index is -0.476. The summed E-state index contributed by atoms with van der Waals surface area (Å²) < 4.78 is 0. The van der Waals surface area contributed by atoms with Gasteiger partial charge in [0.1, 0.15) is 11.6 Å². The number of hydrogen-bond donors (Lipinski definition) is 2. The molecule has 2 rings (SSSR count). The Balaban J connectivity index is 2.23. The molecule has 0 radical (unpaired) electrons. The van der Waals surface area contributed by atoms with Gasteiger partial charge in [0.25, 0.3) is 5.91 Å². The van der Waals surface area contributed by atoms with Gasteiger partial charge in [0.05, 0.1) is 6.61 Å². The number of aromatic nitrogens is 1. The van der Waals surface area contributed by atoms with Crippen molar-refractivity contribution in [3.63, 3.8) is 0 Å². The molecule has 0 saturated heterocycles. The fourth-order valence-corrected chi connectivity index (χ4v) is 2.89. The second-order valence-corrected chi connectivity index (χ2v) is 6.20. The third-order valence-electron chi connectivity index (χ3n) is 3.69. The van der Waals surface area contributed by atoms with Gasteiger partial charge in [-0.25, -0.2) is 4.98 Å². The maximum Gasteiger partial charge on any atom is 0.268 e. The number of hydrogen-bond acceptors (Lipinski definition) is 6. The first-order valence-electron chi connectivity index (χ1n) is 7.88. The molecule has 0 spiro atoms. The molecule has 0 aliphatic rings. The van der Waals surface area contributed by atoms with E-state index in [9.17, 15) is 10.1 Å². The fourth-order valence-electron chi connectivity index (χ4n) is 2.36. The smallest absolute Gasteiger partial charge is 0.268 e. The van der Waals surface area contributed by atoms with E-state index < -0.39 is 5.91 Å². The largest absolute Gasteiger partial charge is 0.395 e. The molecule has 1 heterocycles. The zero-order chi connectivity index (χ0) is 18.2. The van der Waals surface area contributed by atoms with Crippen LogP contribution in [0.3, 0.4) is 0 Å². The molecule has 7 heteroatoms. The monoisotopic (exact) mass is 356 g/mol. The van der Waals surface area contributed by atoms with Crippen LogP contribution in [-0.4, -0.2) is 35.7 Å². The number of nitrogens with one attached hydrogen (secondary N) is 1. The number of anilines is 2. The summed E-state index contributed by atoms with van der Waals surface area (Å²) in [5, 5.41) is 23.2. The van der Waals surface area contributed by atoms with Crippen molar-refractivity contribution in [2.24, 2.45) is 0 Å². The zero-order valence-electron chi connectivity index (χ0n) is 14.2. The second-order valence-electron chi connectivity index (χ2n) is 5.31. The van der Waals surface area contributed by atoms with Crippen molar-refractivity contribution in [3.05, 3.63) is 46.5 Å². The van der Waals surface area contributed by atoms with Gasteiger partial charge in [0, 0.05) is 30.4 Å². The highest BCUT2D eigenvalue weighted by molar-refractivity contribution is 7.13. The van der Waals surface area contributed by atoms with Gasteiger partial charge in [-0.1, -0.05) is 6.07 Å². The normalized spacial score (nSPS) is 11.0. The van der Waals surface area contributed by atoms with Gasteiger partial charge in [-0.3, -0.25) is 10.1 Å². The lowest BCUT2D eigenvalue weighted by Crippen LogP contribution is -2.26. The molecular formula is C18H20N4O2S. The van der Waals surface area contributed by atoms with Crippen molar-refractivity contribution in [1.82, 2.24) is 4.98 Å². The minimum Gasteiger partial charge on any atom is -0.395 e. The minimum absolute atomic E-state index is 0.0220. The average Bonchev–Trinajstić information content (AvgIpc) is 3.11. The highest BCUT2D eigenvalue weighted by Gasteiger charge is 2.12. The summed E-state index contributed by atoms with van der Waals surface area (Å²) in [4.78, 5) is 18.2. The summed E-state index contributed by atoms with van der Waals surface area (Å²) in [5.41, 5.74) is 2.77. The average molecular weight is 356 g/mol. The molecule has 0 fully saturated rings. The maximum absolute atomic E-state index is 12.2. The molecule has 1 aromatic carbocycles. The first-order valence-corrected chi connectivity index (χ1v) is 8.76. The van der Waals surface area contributed by atoms with Crippen molar-refractivity contribution in [2.75, 3.05) is 29.9 Å². The third kappa shape index (κ3) is 4.89. The molecule has 1 amide bonds. The number of carbonyl (C=O) groups is 1. The number of rotatable bonds is 7. The molecule has 0 atom stereocenters. The van der Waals surface area contributed by atoms with E-state index in [4.69, 9.17) is 5.11 Å². The van der Waals surface area contributed by atoms with Gasteiger partial charge < -0.3 is 10.0 Å². The Bertz CT molecular complexity index is 794. The SMILES string of the molecule is CCN(CCO)c1ccc(/C=C(\C#N)C(=O)Nc2nccs2)c(C)c1. The number of benzene rings is 1. The van der Waals surface area contributed by atoms with Gasteiger partial charge in [-0.15, -0.1) is 11.3 Å². The van der Waals surface area contributed by atoms with E-state index in [-0.39, 0.29) is 12.2 Å². The number of likely N-dealkylation sites (N-methyl/N-ethyl adjacent to an activating group) is 1. The second kappa shape index (κ2) is 8.97. The van der Waals surface area contributed by atoms with Crippen molar-refractivity contribution in [2.45, 2.75) is 13.8 Å². The van der Waals surface area contributed by atoms with Crippen LogP contribution in [0.1, 0.15) is 18.1 Å². The van der Waals surface area contributed by atoms with Crippen LogP contribution in [0.15, 0.2) is 35.3 Å². The highest BCUT2D eigenvalue weighted by Crippen LogP contribution is 2.21. The Morgan fingerprint density at radius 3 is 2.88 bits per heavy atom. The molecule has 0 bridgehead atoms. The first kappa shape index (κ1) is 18.6. The van der Waals surface area contributed by atoms with Gasteiger partial charge in [0.15, 0.2) is 5.13 Å². The summed E-state index contributed by atoms with van der Waals surface area (Å²) in [6.45, 7) is 5.38. The van der Waals surface area contributed by atoms with Crippen LogP contribution in [0.2, 0.25) is 0 Å². The molecule has 2 N–H and O–H groups in total. The predicted molar refractivity (Wildman–Crippen MR) is 100 cm³/mol. The lowest BCUT2D eigenvalue weighted by molar-refractivity contribution is -0.112. The van der Waals surface area contributed by atoms with E-state index in [0.29, 0.717) is 11.7 Å². The number of aliphatic hydroxyl groups excluding tert-OH is 1. The molecule has 130 valence electrons. The number of nitrogens with zero attached hydrogens (tertiary/aromatic N) is 3. The fraction of sp³-hybridized carbons (Fsp3) is 0.278. The van der Waals surface area contributed by atoms with Crippen LogP contribution in [0.25, 0.3) is 6.08 Å². The lowest BCUT2D eigenvalue weighted by atomic mass is 10.0. The van der Waals surface area contributed by atoms with Crippen LogP contribution in [0.4, 0.5) is 10.8 Å². The molecule has 1 aromatic heterocycles. The summed E-state index contributed by atoms with van der Waals surface area (Å²) in [7, 11) is 0. The van der Waals surface area contributed by atoms with Crippen molar-refractivity contribution in [1.29, 1.82) is 5.26 Å². The number of nitriles is 1. The summed E-state index contributed by atoms with van der Waals surface area (Å²) >= 11 is 1.30. The van der Waals surface area contributed by atoms with Crippen LogP contribution in [-0.2, 0) is 4.79 Å². The summed E-state index contributed by atoms with van der Waals surface area (Å²) in [6, 6.07) is 7.72.